The van der Waals surface area contributed by atoms with Crippen LogP contribution < -0.4 is 4.74 Å². The molecule has 8 heteroatoms. The summed E-state index contributed by atoms with van der Waals surface area (Å²) >= 11 is 8.48. The Hall–Kier alpha value is -3.20. The molecule has 0 radical (unpaired) electrons. The molecular weight excluding hydrogens is 470 g/mol. The first-order valence-electron chi connectivity index (χ1n) is 10.2. The lowest BCUT2D eigenvalue weighted by molar-refractivity contribution is -0.122. The van der Waals surface area contributed by atoms with Crippen molar-refractivity contribution in [3.05, 3.63) is 94.3 Å². The first kappa shape index (κ1) is 21.6. The third kappa shape index (κ3) is 4.50. The number of thioether (sulfide) groups is 1. The van der Waals surface area contributed by atoms with Gasteiger partial charge in [-0.05, 0) is 47.4 Å². The third-order valence-corrected chi connectivity index (χ3v) is 7.43. The van der Waals surface area contributed by atoms with E-state index in [2.05, 4.69) is 0 Å². The molecule has 1 amide bonds. The summed E-state index contributed by atoms with van der Waals surface area (Å²) in [7, 11) is 1.63. The molecule has 2 aromatic heterocycles. The van der Waals surface area contributed by atoms with E-state index in [0.717, 1.165) is 33.1 Å². The van der Waals surface area contributed by atoms with E-state index in [9.17, 15) is 4.79 Å². The van der Waals surface area contributed by atoms with Crippen LogP contribution in [0.3, 0.4) is 0 Å². The number of ether oxygens (including phenoxy) is 1. The van der Waals surface area contributed by atoms with E-state index < -0.39 is 0 Å². The Labute approximate surface area is 205 Å². The van der Waals surface area contributed by atoms with Crippen molar-refractivity contribution in [1.29, 1.82) is 0 Å². The molecular formula is C25H19N3O2S3. The summed E-state index contributed by atoms with van der Waals surface area (Å²) in [5.41, 5.74) is 3.67. The second-order valence-corrected chi connectivity index (χ2v) is 9.93. The zero-order valence-electron chi connectivity index (χ0n) is 17.7. The van der Waals surface area contributed by atoms with Gasteiger partial charge in [-0.2, -0.15) is 5.10 Å². The first-order valence-corrected chi connectivity index (χ1v) is 12.3. The fourth-order valence-corrected chi connectivity index (χ4v) is 5.48. The van der Waals surface area contributed by atoms with Crippen LogP contribution >= 0.6 is 35.3 Å². The van der Waals surface area contributed by atoms with Crippen LogP contribution in [0.5, 0.6) is 5.75 Å². The van der Waals surface area contributed by atoms with E-state index in [1.807, 2.05) is 89.1 Å². The van der Waals surface area contributed by atoms with Crippen molar-refractivity contribution in [3.63, 3.8) is 0 Å². The molecule has 164 valence electrons. The smallest absolute Gasteiger partial charge is 0.266 e. The topological polar surface area (TPSA) is 47.4 Å². The fourth-order valence-electron chi connectivity index (χ4n) is 3.50. The van der Waals surface area contributed by atoms with Gasteiger partial charge in [0.05, 0.1) is 29.1 Å². The molecule has 0 unspecified atom stereocenters. The van der Waals surface area contributed by atoms with Crippen molar-refractivity contribution in [3.8, 4) is 22.0 Å². The molecule has 5 nitrogen and oxygen atoms in total. The van der Waals surface area contributed by atoms with Gasteiger partial charge >= 0.3 is 0 Å². The van der Waals surface area contributed by atoms with E-state index >= 15 is 0 Å². The Kier molecular flexibility index (Phi) is 6.13. The number of hydrogen-bond acceptors (Lipinski definition) is 6. The summed E-state index contributed by atoms with van der Waals surface area (Å²) < 4.78 is 7.61. The molecule has 4 aromatic rings. The number of nitrogens with zero attached hydrogens (tertiary/aromatic N) is 3. The number of hydrogen-bond donors (Lipinski definition) is 0. The third-order valence-electron chi connectivity index (χ3n) is 5.18. The number of methoxy groups -OCH3 is 1. The number of thiocarbonyl (C=S) groups is 1. The van der Waals surface area contributed by atoms with Gasteiger partial charge in [0.15, 0.2) is 0 Å². The van der Waals surface area contributed by atoms with Crippen molar-refractivity contribution in [1.82, 2.24) is 14.7 Å². The highest BCUT2D eigenvalue weighted by molar-refractivity contribution is 8.26. The maximum absolute atomic E-state index is 13.2. The maximum atomic E-state index is 13.2. The molecule has 1 saturated heterocycles. The van der Waals surface area contributed by atoms with Gasteiger partial charge in [-0.25, -0.2) is 4.68 Å². The van der Waals surface area contributed by atoms with E-state index in [4.69, 9.17) is 22.1 Å². The minimum absolute atomic E-state index is 0.0922. The molecule has 3 heterocycles. The van der Waals surface area contributed by atoms with Crippen molar-refractivity contribution < 1.29 is 9.53 Å². The Balaban J connectivity index is 1.46. The second-order valence-electron chi connectivity index (χ2n) is 7.31. The summed E-state index contributed by atoms with van der Waals surface area (Å²) in [4.78, 5) is 16.5. The monoisotopic (exact) mass is 489 g/mol. The highest BCUT2D eigenvalue weighted by Crippen LogP contribution is 2.36. The Morgan fingerprint density at radius 3 is 2.55 bits per heavy atom. The normalized spacial score (nSPS) is 14.9. The van der Waals surface area contributed by atoms with Gasteiger partial charge in [0.1, 0.15) is 15.8 Å². The van der Waals surface area contributed by atoms with E-state index in [0.29, 0.717) is 15.8 Å². The zero-order valence-corrected chi connectivity index (χ0v) is 20.1. The molecule has 0 atom stereocenters. The molecule has 1 aliphatic rings. The summed E-state index contributed by atoms with van der Waals surface area (Å²) in [5, 5.41) is 6.84. The Morgan fingerprint density at radius 1 is 1.06 bits per heavy atom. The number of benzene rings is 2. The van der Waals surface area contributed by atoms with Crippen molar-refractivity contribution in [2.45, 2.75) is 6.54 Å². The van der Waals surface area contributed by atoms with Crippen molar-refractivity contribution >= 4 is 51.6 Å². The van der Waals surface area contributed by atoms with Crippen LogP contribution in [0, 0.1) is 0 Å². The summed E-state index contributed by atoms with van der Waals surface area (Å²) in [5.74, 6) is 0.686. The molecule has 0 aliphatic carbocycles. The van der Waals surface area contributed by atoms with Crippen LogP contribution in [0.4, 0.5) is 0 Å². The Bertz CT molecular complexity index is 1330. The van der Waals surface area contributed by atoms with Crippen molar-refractivity contribution in [2.75, 3.05) is 7.11 Å². The number of carbonyl (C=O) groups excluding carboxylic acids is 1. The quantitative estimate of drug-likeness (QED) is 0.245. The highest BCUT2D eigenvalue weighted by atomic mass is 32.2. The lowest BCUT2D eigenvalue weighted by atomic mass is 10.2. The average molecular weight is 490 g/mol. The van der Waals surface area contributed by atoms with Gasteiger partial charge in [-0.15, -0.1) is 11.3 Å². The van der Waals surface area contributed by atoms with Crippen LogP contribution in [0.25, 0.3) is 22.3 Å². The fraction of sp³-hybridized carbons (Fsp3) is 0.0800. The van der Waals surface area contributed by atoms with Crippen LogP contribution in [-0.2, 0) is 11.3 Å². The largest absolute Gasteiger partial charge is 0.497 e. The molecule has 2 aromatic carbocycles. The van der Waals surface area contributed by atoms with Crippen LogP contribution in [-0.4, -0.2) is 32.0 Å². The SMILES string of the molecule is COc1ccc(CN2C(=O)/C(=C/c3cn(-c4ccccc4)nc3-c3cccs3)SC2=S)cc1. The molecule has 5 rings (SSSR count). The number of para-hydroxylation sites is 1. The predicted molar refractivity (Wildman–Crippen MR) is 139 cm³/mol. The first-order chi connectivity index (χ1) is 16.1. The van der Waals surface area contributed by atoms with Crippen LogP contribution in [0.2, 0.25) is 0 Å². The number of carbonyl (C=O) groups is 1. The van der Waals surface area contributed by atoms with Gasteiger partial charge in [0.2, 0.25) is 0 Å². The molecule has 33 heavy (non-hydrogen) atoms. The number of aromatic nitrogens is 2. The van der Waals surface area contributed by atoms with Gasteiger partial charge < -0.3 is 4.74 Å². The Morgan fingerprint density at radius 2 is 1.85 bits per heavy atom. The van der Waals surface area contributed by atoms with E-state index in [1.165, 1.54) is 11.8 Å². The minimum Gasteiger partial charge on any atom is -0.497 e. The molecule has 1 aliphatic heterocycles. The molecule has 0 N–H and O–H groups in total. The highest BCUT2D eigenvalue weighted by Gasteiger charge is 2.32. The molecule has 1 fully saturated rings. The number of rotatable bonds is 6. The van der Waals surface area contributed by atoms with Gasteiger partial charge in [-0.1, -0.05) is 60.4 Å². The maximum Gasteiger partial charge on any atom is 0.266 e. The number of amides is 1. The van der Waals surface area contributed by atoms with Gasteiger partial charge in [0, 0.05) is 11.8 Å². The van der Waals surface area contributed by atoms with Crippen LogP contribution in [0.15, 0.2) is 83.2 Å². The summed E-state index contributed by atoms with van der Waals surface area (Å²) in [6.07, 6.45) is 3.86. The average Bonchev–Trinajstić information content (AvgIpc) is 3.57. The summed E-state index contributed by atoms with van der Waals surface area (Å²) in [6.45, 7) is 0.424. The minimum atomic E-state index is -0.0922. The van der Waals surface area contributed by atoms with E-state index in [-0.39, 0.29) is 5.91 Å². The van der Waals surface area contributed by atoms with E-state index in [1.54, 1.807) is 23.3 Å². The lowest BCUT2D eigenvalue weighted by Gasteiger charge is -2.14. The lowest BCUT2D eigenvalue weighted by Crippen LogP contribution is -2.27. The second kappa shape index (κ2) is 9.35. The van der Waals surface area contributed by atoms with Gasteiger partial charge in [0.25, 0.3) is 5.91 Å². The van der Waals surface area contributed by atoms with Crippen LogP contribution in [0.1, 0.15) is 11.1 Å². The van der Waals surface area contributed by atoms with Gasteiger partial charge in [-0.3, -0.25) is 9.69 Å². The molecule has 0 spiro atoms. The molecule has 0 bridgehead atoms. The number of thiophene rings is 1. The predicted octanol–water partition coefficient (Wildman–Crippen LogP) is 6.01. The zero-order chi connectivity index (χ0) is 22.8. The van der Waals surface area contributed by atoms with Crippen molar-refractivity contribution in [2.24, 2.45) is 0 Å². The summed E-state index contributed by atoms with van der Waals surface area (Å²) in [6, 6.07) is 21.6. The molecule has 0 saturated carbocycles. The standard InChI is InChI=1S/C25H19N3O2S3/c1-30-20-11-9-17(10-12-20)15-27-24(29)22(33-25(27)31)14-18-16-28(19-6-3-2-4-7-19)26-23(18)21-8-5-13-32-21/h2-14,16H,15H2,1H3/b22-14-.